The third kappa shape index (κ3) is 3.61. The van der Waals surface area contributed by atoms with Gasteiger partial charge in [0.25, 0.3) is 0 Å². The number of hydrogen-bond donors (Lipinski definition) is 0. The molecule has 3 aromatic heterocycles. The Labute approximate surface area is 264 Å². The Hall–Kier alpha value is -6.26. The molecule has 0 bridgehead atoms. The minimum atomic E-state index is 0.825. The molecule has 7 aromatic carbocycles. The van der Waals surface area contributed by atoms with Gasteiger partial charge in [-0.2, -0.15) is 0 Å². The lowest BCUT2D eigenvalue weighted by Gasteiger charge is -2.14. The average molecular weight is 587 g/mol. The van der Waals surface area contributed by atoms with Crippen LogP contribution < -0.4 is 0 Å². The Morgan fingerprint density at radius 2 is 0.935 bits per heavy atom. The first-order valence-electron chi connectivity index (χ1n) is 15.6. The number of aromatic nitrogens is 4. The van der Waals surface area contributed by atoms with E-state index in [1.54, 1.807) is 0 Å². The number of rotatable bonds is 3. The molecule has 3 heterocycles. The van der Waals surface area contributed by atoms with Gasteiger partial charge in [-0.3, -0.25) is 4.57 Å². The molecule has 0 radical (unpaired) electrons. The summed E-state index contributed by atoms with van der Waals surface area (Å²) >= 11 is 0. The maximum absolute atomic E-state index is 5.36. The van der Waals surface area contributed by atoms with Crippen molar-refractivity contribution in [3.63, 3.8) is 0 Å². The molecule has 4 heteroatoms. The van der Waals surface area contributed by atoms with E-state index in [0.29, 0.717) is 0 Å². The van der Waals surface area contributed by atoms with E-state index >= 15 is 0 Å². The Kier molecular flexibility index (Phi) is 5.25. The predicted molar refractivity (Wildman–Crippen MR) is 191 cm³/mol. The van der Waals surface area contributed by atoms with E-state index in [1.807, 2.05) is 18.2 Å². The molecule has 0 spiro atoms. The summed E-state index contributed by atoms with van der Waals surface area (Å²) in [7, 11) is 0. The number of hydrogen-bond acceptors (Lipinski definition) is 2. The van der Waals surface area contributed by atoms with Crippen LogP contribution in [0, 0.1) is 0 Å². The summed E-state index contributed by atoms with van der Waals surface area (Å²) in [6.45, 7) is 0. The highest BCUT2D eigenvalue weighted by Gasteiger charge is 2.22. The molecule has 0 unspecified atom stereocenters. The van der Waals surface area contributed by atoms with Gasteiger partial charge in [-0.15, -0.1) is 0 Å². The van der Waals surface area contributed by atoms with Crippen LogP contribution in [0.2, 0.25) is 0 Å². The summed E-state index contributed by atoms with van der Waals surface area (Å²) in [6, 6.07) is 55.9. The molecule has 4 nitrogen and oxygen atoms in total. The minimum Gasteiger partial charge on any atom is -0.309 e. The molecule has 46 heavy (non-hydrogen) atoms. The lowest BCUT2D eigenvalue weighted by molar-refractivity contribution is 1.08. The van der Waals surface area contributed by atoms with Crippen molar-refractivity contribution in [2.75, 3.05) is 0 Å². The topological polar surface area (TPSA) is 35.6 Å². The predicted octanol–water partition coefficient (Wildman–Crippen LogP) is 10.6. The van der Waals surface area contributed by atoms with E-state index in [4.69, 9.17) is 9.97 Å². The van der Waals surface area contributed by atoms with Crippen molar-refractivity contribution in [3.05, 3.63) is 158 Å². The van der Waals surface area contributed by atoms with Crippen LogP contribution in [0.15, 0.2) is 158 Å². The molecule has 0 aliphatic rings. The van der Waals surface area contributed by atoms with Crippen LogP contribution in [0.1, 0.15) is 0 Å². The Morgan fingerprint density at radius 1 is 0.370 bits per heavy atom. The largest absolute Gasteiger partial charge is 0.309 e. The summed E-state index contributed by atoms with van der Waals surface area (Å²) in [6.07, 6.45) is 0. The molecule has 0 fully saturated rings. The smallest absolute Gasteiger partial charge is 0.165 e. The Balaban J connectivity index is 1.35. The van der Waals surface area contributed by atoms with Crippen molar-refractivity contribution in [1.29, 1.82) is 0 Å². The third-order valence-corrected chi connectivity index (χ3v) is 9.27. The molecule has 10 aromatic rings. The van der Waals surface area contributed by atoms with E-state index in [9.17, 15) is 0 Å². The zero-order valence-corrected chi connectivity index (χ0v) is 24.8. The molecule has 0 atom stereocenters. The van der Waals surface area contributed by atoms with Gasteiger partial charge in [0.05, 0.1) is 33.1 Å². The fourth-order valence-corrected chi connectivity index (χ4v) is 7.19. The number of nitrogens with zero attached hydrogens (tertiary/aromatic N) is 4. The van der Waals surface area contributed by atoms with Crippen LogP contribution in [-0.2, 0) is 0 Å². The van der Waals surface area contributed by atoms with Crippen molar-refractivity contribution in [3.8, 4) is 22.8 Å². The quantitative estimate of drug-likeness (QED) is 0.206. The van der Waals surface area contributed by atoms with Gasteiger partial charge in [0.1, 0.15) is 5.69 Å². The minimum absolute atomic E-state index is 0.825. The number of para-hydroxylation sites is 5. The van der Waals surface area contributed by atoms with Gasteiger partial charge in [0, 0.05) is 32.8 Å². The summed E-state index contributed by atoms with van der Waals surface area (Å²) in [5.41, 5.74) is 9.38. The first-order valence-corrected chi connectivity index (χ1v) is 15.6. The van der Waals surface area contributed by atoms with E-state index < -0.39 is 0 Å². The van der Waals surface area contributed by atoms with Crippen LogP contribution in [0.25, 0.3) is 88.2 Å². The molecule has 10 rings (SSSR count). The van der Waals surface area contributed by atoms with Crippen molar-refractivity contribution in [2.45, 2.75) is 0 Å². The highest BCUT2D eigenvalue weighted by molar-refractivity contribution is 6.19. The van der Waals surface area contributed by atoms with Crippen LogP contribution in [0.4, 0.5) is 0 Å². The zero-order chi connectivity index (χ0) is 30.2. The second kappa shape index (κ2) is 9.62. The summed E-state index contributed by atoms with van der Waals surface area (Å²) in [5, 5.41) is 7.18. The lowest BCUT2D eigenvalue weighted by atomic mass is 10.0. The molecule has 0 saturated carbocycles. The van der Waals surface area contributed by atoms with E-state index in [-0.39, 0.29) is 0 Å². The van der Waals surface area contributed by atoms with Gasteiger partial charge in [-0.25, -0.2) is 9.97 Å². The summed E-state index contributed by atoms with van der Waals surface area (Å²) < 4.78 is 4.70. The third-order valence-electron chi connectivity index (χ3n) is 9.27. The van der Waals surface area contributed by atoms with Gasteiger partial charge < -0.3 is 4.57 Å². The monoisotopic (exact) mass is 586 g/mol. The second-order valence-electron chi connectivity index (χ2n) is 11.9. The maximum Gasteiger partial charge on any atom is 0.165 e. The van der Waals surface area contributed by atoms with Crippen LogP contribution >= 0.6 is 0 Å². The normalized spacial score (nSPS) is 11.9. The fraction of sp³-hybridized carbons (Fsp3) is 0. The lowest BCUT2D eigenvalue weighted by Crippen LogP contribution is -2.03. The van der Waals surface area contributed by atoms with Gasteiger partial charge in [0.2, 0.25) is 0 Å². The van der Waals surface area contributed by atoms with E-state index in [0.717, 1.165) is 44.8 Å². The summed E-state index contributed by atoms with van der Waals surface area (Å²) in [4.78, 5) is 10.7. The van der Waals surface area contributed by atoms with Gasteiger partial charge in [-0.1, -0.05) is 103 Å². The molecule has 0 amide bonds. The van der Waals surface area contributed by atoms with Gasteiger partial charge in [0.15, 0.2) is 5.82 Å². The zero-order valence-electron chi connectivity index (χ0n) is 24.8. The average Bonchev–Trinajstić information content (AvgIpc) is 3.62. The van der Waals surface area contributed by atoms with Crippen molar-refractivity contribution in [1.82, 2.24) is 19.1 Å². The van der Waals surface area contributed by atoms with Gasteiger partial charge in [-0.05, 0) is 65.4 Å². The standard InChI is InChI=1S/C42H26N4/c1-2-14-30(15-3-1)45-37-20-10-6-16-31(37)33-26-40-34(25-39(33)45)32-17-7-11-21-38(32)46(40)42-41(43-35-18-8-9-19-36(35)44-42)29-23-22-27-12-4-5-13-28(27)24-29/h1-26H. The first kappa shape index (κ1) is 25.1. The Bertz CT molecular complexity index is 2810. The first-order chi connectivity index (χ1) is 22.8. The molecule has 0 saturated heterocycles. The van der Waals surface area contributed by atoms with Crippen LogP contribution in [0.5, 0.6) is 0 Å². The molecular weight excluding hydrogens is 560 g/mol. The van der Waals surface area contributed by atoms with Crippen LogP contribution in [0.3, 0.4) is 0 Å². The Morgan fingerprint density at radius 3 is 1.67 bits per heavy atom. The van der Waals surface area contributed by atoms with Crippen molar-refractivity contribution in [2.24, 2.45) is 0 Å². The molecular formula is C42H26N4. The molecule has 0 N–H and O–H groups in total. The SMILES string of the molecule is c1ccc(-n2c3ccccc3c3cc4c(cc32)c2ccccc2n4-c2nc3ccccc3nc2-c2ccc3ccccc3c2)cc1. The fourth-order valence-electron chi connectivity index (χ4n) is 7.19. The van der Waals surface area contributed by atoms with E-state index in [1.165, 1.54) is 43.4 Å². The number of benzene rings is 7. The molecule has 0 aliphatic heterocycles. The molecule has 0 aliphatic carbocycles. The van der Waals surface area contributed by atoms with E-state index in [2.05, 4.69) is 149 Å². The molecule has 214 valence electrons. The number of fused-ring (bicyclic) bond motifs is 8. The highest BCUT2D eigenvalue weighted by Crippen LogP contribution is 2.41. The second-order valence-corrected chi connectivity index (χ2v) is 11.9. The highest BCUT2D eigenvalue weighted by atomic mass is 15.1. The summed E-state index contributed by atoms with van der Waals surface area (Å²) in [5.74, 6) is 0.825. The maximum atomic E-state index is 5.36. The van der Waals surface area contributed by atoms with Crippen LogP contribution in [-0.4, -0.2) is 19.1 Å². The van der Waals surface area contributed by atoms with Crippen molar-refractivity contribution >= 4 is 65.4 Å². The van der Waals surface area contributed by atoms with Gasteiger partial charge >= 0.3 is 0 Å². The van der Waals surface area contributed by atoms with Crippen molar-refractivity contribution < 1.29 is 0 Å².